The number of hydrogen-bond acceptors (Lipinski definition) is 23. The van der Waals surface area contributed by atoms with Gasteiger partial charge in [0.25, 0.3) is 0 Å². The van der Waals surface area contributed by atoms with Gasteiger partial charge in [-0.25, -0.2) is 0 Å². The van der Waals surface area contributed by atoms with E-state index >= 15 is 0 Å². The Morgan fingerprint density at radius 2 is 0.797 bits per heavy atom. The molecule has 23 nitrogen and oxygen atoms in total. The number of aromatic nitrogens is 1. The maximum Gasteiger partial charge on any atom is 0.322 e. The highest BCUT2D eigenvalue weighted by atomic mass is 32.2. The van der Waals surface area contributed by atoms with Crippen molar-refractivity contribution in [2.45, 2.75) is 175 Å². The van der Waals surface area contributed by atoms with Gasteiger partial charge in [-0.3, -0.25) is 29.1 Å². The van der Waals surface area contributed by atoms with Gasteiger partial charge in [0.15, 0.2) is 0 Å². The highest BCUT2D eigenvalue weighted by molar-refractivity contribution is 8.24. The lowest BCUT2D eigenvalue weighted by Gasteiger charge is -2.31. The first-order chi connectivity index (χ1) is 64.9. The fraction of sp³-hybridized carbons (Fsp3) is 0.523. The largest absolute Gasteiger partial charge is 0.465 e. The number of fused-ring (bicyclic) bond motifs is 3. The number of carbonyl (C=O) groups excluding carboxylic acids is 3. The van der Waals surface area contributed by atoms with Gasteiger partial charge in [-0.15, -0.1) is 0 Å². The third-order valence-electron chi connectivity index (χ3n) is 24.5. The summed E-state index contributed by atoms with van der Waals surface area (Å²) < 4.78 is 14.2. The first-order valence-corrected chi connectivity index (χ1v) is 51.6. The summed E-state index contributed by atoms with van der Waals surface area (Å²) in [7, 11) is 0. The molecule has 3 atom stereocenters. The topological polar surface area (TPSA) is 293 Å². The van der Waals surface area contributed by atoms with Gasteiger partial charge in [0.05, 0.1) is 12.5 Å². The number of carbonyl (C=O) groups is 3. The monoisotopic (exact) mass is 1970 g/mol. The van der Waals surface area contributed by atoms with Gasteiger partial charge in [0.2, 0.25) is 5.91 Å². The lowest BCUT2D eigenvalue weighted by molar-refractivity contribution is -0.149. The summed E-state index contributed by atoms with van der Waals surface area (Å²) in [5.74, 6) is 0.199. The molecule has 8 aromatic carbocycles. The van der Waals surface area contributed by atoms with Gasteiger partial charge < -0.3 is 88.9 Å². The Morgan fingerprint density at radius 3 is 1.20 bits per heavy atom. The zero-order valence-corrected chi connectivity index (χ0v) is 86.3. The van der Waals surface area contributed by atoms with Crippen LogP contribution in [0.5, 0.6) is 0 Å². The summed E-state index contributed by atoms with van der Waals surface area (Å²) in [6.07, 6.45) is 6.44. The van der Waals surface area contributed by atoms with Gasteiger partial charge in [0, 0.05) is 236 Å². The molecule has 0 bridgehead atoms. The van der Waals surface area contributed by atoms with Crippen LogP contribution in [0.25, 0.3) is 32.9 Å². The normalized spacial score (nSPS) is 12.0. The van der Waals surface area contributed by atoms with E-state index in [0.717, 1.165) is 212 Å². The number of rotatable bonds is 57. The second-order valence-electron chi connectivity index (χ2n) is 34.8. The molecule has 0 saturated heterocycles. The van der Waals surface area contributed by atoms with E-state index in [2.05, 4.69) is 252 Å². The molecule has 15 N–H and O–H groups in total. The maximum absolute atomic E-state index is 13.1. The molecule has 1 aromatic heterocycles. The molecule has 3 unspecified atom stereocenters. The third kappa shape index (κ3) is 42.8. The van der Waals surface area contributed by atoms with Crippen LogP contribution in [0.1, 0.15) is 171 Å². The van der Waals surface area contributed by atoms with Crippen molar-refractivity contribution in [1.82, 2.24) is 44.6 Å². The highest BCUT2D eigenvalue weighted by Gasteiger charge is 2.38. The SMILES string of the molecule is C.C.C.C.CCC(C)(C)C(=O)Nc1ccc(N(c2ccccc2)c2ccc(-c3ccc(N(c4ccccc4)c4ccccc4)cc3)cc2)cc1.CCC(C)n1c2ccccc2c2ccccc21.CCN(CC)C(=S)SCCOC(=O)C(C)(CCCOC(=O)C(C)C(C)C)SC(=S)N(CC)CC.NCCCCCN(CCN(CCN)CCN)CCN(CCNCCN)CCNCCN(CCN)CCN. The maximum atomic E-state index is 13.1. The van der Waals surface area contributed by atoms with Crippen LogP contribution in [0, 0.1) is 17.3 Å². The van der Waals surface area contributed by atoms with Crippen LogP contribution in [0.15, 0.2) is 212 Å². The molecule has 0 fully saturated rings. The predicted octanol–water partition coefficient (Wildman–Crippen LogP) is 20.9. The van der Waals surface area contributed by atoms with E-state index in [1.807, 2.05) is 110 Å². The van der Waals surface area contributed by atoms with Gasteiger partial charge in [-0.2, -0.15) is 0 Å². The molecular weight excluding hydrogens is 1790 g/mol. The first kappa shape index (κ1) is 126. The van der Waals surface area contributed by atoms with Gasteiger partial charge in [-0.1, -0.05) is 248 Å². The Morgan fingerprint density at radius 1 is 0.413 bits per heavy atom. The number of benzene rings is 8. The van der Waals surface area contributed by atoms with Crippen molar-refractivity contribution < 1.29 is 23.9 Å². The summed E-state index contributed by atoms with van der Waals surface area (Å²) in [5, 5.41) is 12.9. The zero-order chi connectivity index (χ0) is 97.5. The fourth-order valence-electron chi connectivity index (χ4n) is 15.3. The molecule has 768 valence electrons. The Kier molecular flexibility index (Phi) is 64.7. The summed E-state index contributed by atoms with van der Waals surface area (Å²) in [6.45, 7) is 50.0. The highest BCUT2D eigenvalue weighted by Crippen LogP contribution is 2.40. The van der Waals surface area contributed by atoms with E-state index in [4.69, 9.17) is 68.3 Å². The number of amides is 1. The Bertz CT molecular complexity index is 4610. The lowest BCUT2D eigenvalue weighted by Crippen LogP contribution is -2.45. The zero-order valence-electron chi connectivity index (χ0n) is 83.1. The summed E-state index contributed by atoms with van der Waals surface area (Å²) in [5.41, 5.74) is 46.3. The van der Waals surface area contributed by atoms with Crippen LogP contribution in [0.3, 0.4) is 0 Å². The fourth-order valence-corrected chi connectivity index (χ4v) is 18.5. The number of anilines is 7. The Hall–Kier alpha value is -8.43. The van der Waals surface area contributed by atoms with E-state index in [9.17, 15) is 14.4 Å². The molecule has 1 amide bonds. The third-order valence-corrected chi connectivity index (χ3v) is 27.7. The number of thioether (sulfide) groups is 2. The number of esters is 2. The molecule has 0 aliphatic heterocycles. The van der Waals surface area contributed by atoms with E-state index in [0.29, 0.717) is 61.7 Å². The van der Waals surface area contributed by atoms with Crippen LogP contribution < -0.4 is 60.2 Å². The van der Waals surface area contributed by atoms with Crippen molar-refractivity contribution in [2.24, 2.45) is 51.7 Å². The second-order valence-corrected chi connectivity index (χ2v) is 38.7. The van der Waals surface area contributed by atoms with Crippen LogP contribution >= 0.6 is 48.0 Å². The molecule has 0 saturated carbocycles. The van der Waals surface area contributed by atoms with E-state index in [-0.39, 0.29) is 72.6 Å². The molecule has 1 heterocycles. The first-order valence-electron chi connectivity index (χ1n) is 49.0. The summed E-state index contributed by atoms with van der Waals surface area (Å²) >= 11 is 13.9. The van der Waals surface area contributed by atoms with Crippen LogP contribution in [0.4, 0.5) is 39.8 Å². The molecule has 0 radical (unpaired) electrons. The van der Waals surface area contributed by atoms with Crippen molar-refractivity contribution in [2.75, 3.05) is 204 Å². The molecule has 9 aromatic rings. The van der Waals surface area contributed by atoms with Crippen LogP contribution in [0.2, 0.25) is 0 Å². The molecule has 9 rings (SSSR count). The number of nitrogens with zero attached hydrogens (tertiary/aromatic N) is 9. The van der Waals surface area contributed by atoms with Crippen molar-refractivity contribution in [3.63, 3.8) is 0 Å². The molecule has 0 spiro atoms. The molecule has 0 aliphatic carbocycles. The minimum Gasteiger partial charge on any atom is -0.465 e. The van der Waals surface area contributed by atoms with Crippen molar-refractivity contribution in [1.29, 1.82) is 0 Å². The Balaban J connectivity index is 0.000000642. The average molecular weight is 1980 g/mol. The average Bonchev–Trinajstić information content (AvgIpc) is 1.60. The van der Waals surface area contributed by atoms with Crippen LogP contribution in [-0.4, -0.2) is 254 Å². The number of para-hydroxylation sites is 5. The number of hydrogen-bond donors (Lipinski definition) is 9. The van der Waals surface area contributed by atoms with Crippen molar-refractivity contribution in [3.8, 4) is 11.1 Å². The van der Waals surface area contributed by atoms with E-state index in [1.165, 1.54) is 58.2 Å². The van der Waals surface area contributed by atoms with Gasteiger partial charge in [-0.05, 0) is 207 Å². The van der Waals surface area contributed by atoms with Gasteiger partial charge >= 0.3 is 11.9 Å². The molecular formula is C111H180N18O5S4. The second kappa shape index (κ2) is 71.1. The number of ether oxygens (including phenoxy) is 2. The minimum atomic E-state index is -0.861. The lowest BCUT2D eigenvalue weighted by atomic mass is 9.89. The smallest absolute Gasteiger partial charge is 0.322 e. The molecule has 138 heavy (non-hydrogen) atoms. The number of thiocarbonyl (C=S) groups is 2. The van der Waals surface area contributed by atoms with E-state index in [1.54, 1.807) is 0 Å². The quantitative estimate of drug-likeness (QED) is 0.00972. The summed E-state index contributed by atoms with van der Waals surface area (Å²) in [4.78, 5) is 56.5. The molecule has 27 heteroatoms. The number of unbranched alkanes of at least 4 members (excludes halogenated alkanes) is 2. The number of nitrogens with two attached hydrogens (primary N) is 6. The number of nitrogens with one attached hydrogen (secondary N) is 3. The minimum absolute atomic E-state index is 0. The Labute approximate surface area is 853 Å². The standard InChI is InChI=1S/C42H39N3O.C25H64N12.C24H44N2O4S4.C16H17N.4CH4/c1-4-42(2,3)41(46)43-34-24-30-40(31-25-34)45(37-18-12-7-13-19-37)39-28-22-33(23-29-39)32-20-26-38(27-21-32)44(35-14-8-5-9-15-35)36-16-10-6-11-17-36;26-4-2-1-3-14-34(22-24-36(17-8-30)18-9-31)23-25-37(20-11-32-10-5-27)21-13-33-12-19-35(15-6-28)16-7-29;1-9-25(10-2)22(31)33-17-16-30-21(28)24(8,34-23(32)26(11-3)12-4)14-13-15-29-20(27)19(7)18(5)6;1-3-12(2)17-15-10-6-4-8-13(15)14-9-5-7-11-16(14)17;;;;/h5-31H,4H2,1-3H3,(H,43,46);32-33H,1-31H2;18-19H,9-17H2,1-8H3;4-12H,3H2,1-2H3;4*1H4. The van der Waals surface area contributed by atoms with Crippen molar-refractivity contribution in [3.05, 3.63) is 212 Å². The predicted molar refractivity (Wildman–Crippen MR) is 610 cm³/mol. The molecule has 0 aliphatic rings. The van der Waals surface area contributed by atoms with Gasteiger partial charge in [0.1, 0.15) is 20.0 Å². The van der Waals surface area contributed by atoms with Crippen LogP contribution in [-0.2, 0) is 23.9 Å². The summed E-state index contributed by atoms with van der Waals surface area (Å²) in [6, 6.07) is 74.6. The van der Waals surface area contributed by atoms with E-state index < -0.39 is 10.2 Å². The van der Waals surface area contributed by atoms with Crippen molar-refractivity contribution >= 4 is 136 Å².